The third-order valence-corrected chi connectivity index (χ3v) is 4.13. The molecule has 1 saturated carbocycles. The molecule has 0 saturated heterocycles. The van der Waals surface area contributed by atoms with Crippen molar-refractivity contribution in [1.82, 2.24) is 5.32 Å². The second kappa shape index (κ2) is 6.01. The van der Waals surface area contributed by atoms with Crippen molar-refractivity contribution >= 4 is 37.8 Å². The number of carbonyl (C=O) groups is 1. The van der Waals surface area contributed by atoms with Crippen molar-refractivity contribution in [3.05, 3.63) is 32.7 Å². The Bertz CT molecular complexity index is 416. The van der Waals surface area contributed by atoms with Gasteiger partial charge in [-0.1, -0.05) is 28.8 Å². The van der Waals surface area contributed by atoms with Gasteiger partial charge in [-0.25, -0.2) is 0 Å². The number of rotatable bonds is 5. The molecule has 1 aliphatic rings. The smallest absolute Gasteiger partial charge is 0.252 e. The molecule has 0 bridgehead atoms. The number of amides is 1. The summed E-state index contributed by atoms with van der Waals surface area (Å²) in [5.74, 6) is 0.929. The first-order valence-electron chi connectivity index (χ1n) is 5.90. The van der Waals surface area contributed by atoms with Crippen LogP contribution in [0.3, 0.4) is 0 Å². The second-order valence-electron chi connectivity index (χ2n) is 4.47. The number of hydrogen-bond acceptors (Lipinski definition) is 1. The van der Waals surface area contributed by atoms with Crippen molar-refractivity contribution in [2.24, 2.45) is 5.92 Å². The topological polar surface area (TPSA) is 29.1 Å². The van der Waals surface area contributed by atoms with E-state index < -0.39 is 0 Å². The van der Waals surface area contributed by atoms with Gasteiger partial charge in [-0.05, 0) is 52.9 Å². The van der Waals surface area contributed by atoms with Gasteiger partial charge in [0.2, 0.25) is 0 Å². The summed E-state index contributed by atoms with van der Waals surface area (Å²) in [6.07, 6.45) is 5.10. The predicted molar refractivity (Wildman–Crippen MR) is 76.1 cm³/mol. The normalized spacial score (nSPS) is 14.7. The molecule has 17 heavy (non-hydrogen) atoms. The number of nitrogens with one attached hydrogen (secondary N) is 1. The first-order chi connectivity index (χ1) is 8.16. The van der Waals surface area contributed by atoms with E-state index >= 15 is 0 Å². The molecule has 92 valence electrons. The van der Waals surface area contributed by atoms with E-state index in [2.05, 4.69) is 37.2 Å². The number of benzene rings is 1. The van der Waals surface area contributed by atoms with Gasteiger partial charge in [0, 0.05) is 15.5 Å². The third-order valence-electron chi connectivity index (χ3n) is 2.94. The van der Waals surface area contributed by atoms with Gasteiger partial charge < -0.3 is 5.32 Å². The lowest BCUT2D eigenvalue weighted by atomic mass is 10.2. The van der Waals surface area contributed by atoms with Crippen LogP contribution in [0.15, 0.2) is 27.1 Å². The third kappa shape index (κ3) is 4.11. The van der Waals surface area contributed by atoms with E-state index in [9.17, 15) is 4.79 Å². The zero-order chi connectivity index (χ0) is 12.3. The SMILES string of the molecule is O=C(NCCCC1CC1)c1cc(Br)ccc1Br. The molecule has 1 fully saturated rings. The molecule has 1 aromatic carbocycles. The first kappa shape index (κ1) is 13.1. The summed E-state index contributed by atoms with van der Waals surface area (Å²) >= 11 is 6.76. The molecular weight excluding hydrogens is 346 g/mol. The van der Waals surface area contributed by atoms with Crippen LogP contribution in [0.4, 0.5) is 0 Å². The van der Waals surface area contributed by atoms with Crippen molar-refractivity contribution < 1.29 is 4.79 Å². The summed E-state index contributed by atoms with van der Waals surface area (Å²) < 4.78 is 1.75. The van der Waals surface area contributed by atoms with Crippen LogP contribution >= 0.6 is 31.9 Å². The number of halogens is 2. The number of hydrogen-bond donors (Lipinski definition) is 1. The quantitative estimate of drug-likeness (QED) is 0.786. The van der Waals surface area contributed by atoms with Gasteiger partial charge in [0.25, 0.3) is 5.91 Å². The average molecular weight is 361 g/mol. The Morgan fingerprint density at radius 2 is 2.12 bits per heavy atom. The highest BCUT2D eigenvalue weighted by atomic mass is 79.9. The fourth-order valence-electron chi connectivity index (χ4n) is 1.77. The van der Waals surface area contributed by atoms with E-state index in [0.717, 1.165) is 27.8 Å². The Morgan fingerprint density at radius 1 is 1.35 bits per heavy atom. The summed E-state index contributed by atoms with van der Waals surface area (Å²) in [7, 11) is 0. The van der Waals surface area contributed by atoms with Crippen molar-refractivity contribution in [2.75, 3.05) is 6.54 Å². The van der Waals surface area contributed by atoms with Gasteiger partial charge in [0.1, 0.15) is 0 Å². The minimum atomic E-state index is -0.00558. The summed E-state index contributed by atoms with van der Waals surface area (Å²) in [5, 5.41) is 2.96. The Hall–Kier alpha value is -0.350. The van der Waals surface area contributed by atoms with Gasteiger partial charge in [-0.3, -0.25) is 4.79 Å². The lowest BCUT2D eigenvalue weighted by molar-refractivity contribution is 0.0952. The maximum Gasteiger partial charge on any atom is 0.252 e. The molecule has 1 aliphatic carbocycles. The highest BCUT2D eigenvalue weighted by Gasteiger charge is 2.20. The molecule has 0 atom stereocenters. The highest BCUT2D eigenvalue weighted by Crippen LogP contribution is 2.33. The zero-order valence-corrected chi connectivity index (χ0v) is 12.7. The van der Waals surface area contributed by atoms with Crippen LogP contribution in [0.5, 0.6) is 0 Å². The summed E-state index contributed by atoms with van der Waals surface area (Å²) in [5.41, 5.74) is 0.686. The van der Waals surface area contributed by atoms with E-state index in [4.69, 9.17) is 0 Å². The lowest BCUT2D eigenvalue weighted by Gasteiger charge is -2.07. The molecule has 0 unspecified atom stereocenters. The molecule has 0 spiro atoms. The molecule has 1 N–H and O–H groups in total. The molecule has 0 aliphatic heterocycles. The lowest BCUT2D eigenvalue weighted by Crippen LogP contribution is -2.24. The van der Waals surface area contributed by atoms with Crippen LogP contribution in [0, 0.1) is 5.92 Å². The van der Waals surface area contributed by atoms with Crippen LogP contribution in [0.25, 0.3) is 0 Å². The molecule has 0 radical (unpaired) electrons. The van der Waals surface area contributed by atoms with Crippen molar-refractivity contribution in [1.29, 1.82) is 0 Å². The van der Waals surface area contributed by atoms with E-state index in [-0.39, 0.29) is 5.91 Å². The minimum absolute atomic E-state index is 0.00558. The summed E-state index contributed by atoms with van der Waals surface area (Å²) in [6.45, 7) is 0.772. The van der Waals surface area contributed by atoms with E-state index in [1.807, 2.05) is 18.2 Å². The standard InChI is InChI=1S/C13H15Br2NO/c14-10-5-6-12(15)11(8-10)13(17)16-7-1-2-9-3-4-9/h5-6,8-9H,1-4,7H2,(H,16,17). The second-order valence-corrected chi connectivity index (χ2v) is 6.24. The molecule has 2 nitrogen and oxygen atoms in total. The molecule has 0 heterocycles. The molecule has 1 amide bonds. The van der Waals surface area contributed by atoms with Crippen LogP contribution in [0.1, 0.15) is 36.0 Å². The van der Waals surface area contributed by atoms with Crippen LogP contribution < -0.4 is 5.32 Å². The Balaban J connectivity index is 1.82. The van der Waals surface area contributed by atoms with Gasteiger partial charge in [0.15, 0.2) is 0 Å². The largest absolute Gasteiger partial charge is 0.352 e. The maximum atomic E-state index is 11.9. The van der Waals surface area contributed by atoms with Gasteiger partial charge in [-0.15, -0.1) is 0 Å². The Labute approximate surface area is 118 Å². The number of carbonyl (C=O) groups excluding carboxylic acids is 1. The maximum absolute atomic E-state index is 11.9. The van der Waals surface area contributed by atoms with Crippen molar-refractivity contribution in [3.63, 3.8) is 0 Å². The fraction of sp³-hybridized carbons (Fsp3) is 0.462. The summed E-state index contributed by atoms with van der Waals surface area (Å²) in [6, 6.07) is 5.62. The minimum Gasteiger partial charge on any atom is -0.352 e. The van der Waals surface area contributed by atoms with E-state index in [1.54, 1.807) is 0 Å². The van der Waals surface area contributed by atoms with Crippen LogP contribution in [0.2, 0.25) is 0 Å². The Morgan fingerprint density at radius 3 is 2.82 bits per heavy atom. The zero-order valence-electron chi connectivity index (χ0n) is 9.51. The Kier molecular flexibility index (Phi) is 4.62. The fourth-order valence-corrected chi connectivity index (χ4v) is 2.55. The molecule has 1 aromatic rings. The van der Waals surface area contributed by atoms with Crippen molar-refractivity contribution in [3.8, 4) is 0 Å². The molecule has 0 aromatic heterocycles. The van der Waals surface area contributed by atoms with E-state index in [1.165, 1.54) is 19.3 Å². The van der Waals surface area contributed by atoms with Gasteiger partial charge >= 0.3 is 0 Å². The van der Waals surface area contributed by atoms with Crippen molar-refractivity contribution in [2.45, 2.75) is 25.7 Å². The monoisotopic (exact) mass is 359 g/mol. The van der Waals surface area contributed by atoms with Crippen LogP contribution in [-0.4, -0.2) is 12.5 Å². The predicted octanol–water partition coefficient (Wildman–Crippen LogP) is 4.13. The van der Waals surface area contributed by atoms with Gasteiger partial charge in [-0.2, -0.15) is 0 Å². The molecule has 4 heteroatoms. The molecule has 2 rings (SSSR count). The summed E-state index contributed by atoms with van der Waals surface area (Å²) in [4.78, 5) is 11.9. The van der Waals surface area contributed by atoms with E-state index in [0.29, 0.717) is 5.56 Å². The molecular formula is C13H15Br2NO. The van der Waals surface area contributed by atoms with Crippen LogP contribution in [-0.2, 0) is 0 Å². The first-order valence-corrected chi connectivity index (χ1v) is 7.48. The highest BCUT2D eigenvalue weighted by molar-refractivity contribution is 9.11. The average Bonchev–Trinajstić information content (AvgIpc) is 3.11. The van der Waals surface area contributed by atoms with Gasteiger partial charge in [0.05, 0.1) is 5.56 Å².